The van der Waals surface area contributed by atoms with Crippen molar-refractivity contribution in [2.75, 3.05) is 7.05 Å². The number of aromatic nitrogens is 1. The van der Waals surface area contributed by atoms with E-state index >= 15 is 0 Å². The first-order chi connectivity index (χ1) is 8.69. The maximum absolute atomic E-state index is 11.2. The van der Waals surface area contributed by atoms with Crippen LogP contribution < -0.4 is 45.6 Å². The molecule has 1 aromatic heterocycles. The van der Waals surface area contributed by atoms with E-state index in [1.54, 1.807) is 6.07 Å². The minimum absolute atomic E-state index is 0. The quantitative estimate of drug-likeness (QED) is 0.616. The number of likely N-dealkylation sites (N-methyl/N-ethyl adjacent to an activating group) is 1. The number of aryl methyl sites for hydroxylation is 1. The number of benzene rings is 1. The summed E-state index contributed by atoms with van der Waals surface area (Å²) < 4.78 is 0. The zero-order chi connectivity index (χ0) is 12.7. The van der Waals surface area contributed by atoms with Crippen molar-refractivity contribution in [2.45, 2.75) is 25.3 Å². The molecule has 1 amide bonds. The molecule has 3 rings (SSSR count). The van der Waals surface area contributed by atoms with Crippen LogP contribution >= 0.6 is 0 Å². The average Bonchev–Trinajstić information content (AvgIpc) is 2.75. The van der Waals surface area contributed by atoms with E-state index in [-0.39, 0.29) is 35.5 Å². The molecule has 0 saturated heterocycles. The van der Waals surface area contributed by atoms with Gasteiger partial charge >= 0.3 is 29.6 Å². The number of nitrogens with zero attached hydrogens (tertiary/aromatic N) is 1. The van der Waals surface area contributed by atoms with Gasteiger partial charge < -0.3 is 16.0 Å². The molecule has 1 atom stereocenters. The van der Waals surface area contributed by atoms with Gasteiger partial charge in [-0.25, -0.2) is 0 Å². The molecule has 0 saturated carbocycles. The van der Waals surface area contributed by atoms with Crippen LogP contribution in [0.2, 0.25) is 0 Å². The van der Waals surface area contributed by atoms with Crippen LogP contribution in [-0.2, 0) is 12.8 Å². The van der Waals surface area contributed by atoms with Crippen LogP contribution in [0.3, 0.4) is 0 Å². The summed E-state index contributed by atoms with van der Waals surface area (Å²) in [6, 6.07) is 6.02. The van der Waals surface area contributed by atoms with E-state index in [9.17, 15) is 4.79 Å². The molecular weight excluding hydrogens is 249 g/mol. The van der Waals surface area contributed by atoms with Crippen molar-refractivity contribution in [2.24, 2.45) is 5.73 Å². The van der Waals surface area contributed by atoms with E-state index in [2.05, 4.69) is 10.3 Å². The summed E-state index contributed by atoms with van der Waals surface area (Å²) in [6.45, 7) is 0. The van der Waals surface area contributed by atoms with Crippen LogP contribution in [0.4, 0.5) is 0 Å². The molecule has 94 valence electrons. The van der Waals surface area contributed by atoms with E-state index in [4.69, 9.17) is 5.73 Å². The SMILES string of the molecule is CN[C@@H]1CCc2[n-]c3ccc(C(N)=O)cc3c2C1.[Na+]. The maximum atomic E-state index is 11.2. The molecule has 0 aliphatic heterocycles. The predicted molar refractivity (Wildman–Crippen MR) is 70.7 cm³/mol. The van der Waals surface area contributed by atoms with Crippen LogP contribution in [0, 0.1) is 0 Å². The molecule has 0 spiro atoms. The number of carbonyl (C=O) groups excluding carboxylic acids is 1. The second-order valence-corrected chi connectivity index (χ2v) is 4.86. The second kappa shape index (κ2) is 5.67. The van der Waals surface area contributed by atoms with Crippen LogP contribution in [0.25, 0.3) is 10.9 Å². The van der Waals surface area contributed by atoms with Crippen molar-refractivity contribution in [3.8, 4) is 0 Å². The molecule has 1 aromatic carbocycles. The van der Waals surface area contributed by atoms with Gasteiger partial charge in [-0.05, 0) is 37.8 Å². The molecule has 1 heterocycles. The number of nitrogens with one attached hydrogen (secondary N) is 1. The molecule has 19 heavy (non-hydrogen) atoms. The van der Waals surface area contributed by atoms with Crippen LogP contribution in [0.15, 0.2) is 18.2 Å². The molecule has 0 fully saturated rings. The van der Waals surface area contributed by atoms with Crippen molar-refractivity contribution < 1.29 is 34.4 Å². The van der Waals surface area contributed by atoms with Gasteiger partial charge in [0.25, 0.3) is 0 Å². The maximum Gasteiger partial charge on any atom is 1.00 e. The first-order valence-electron chi connectivity index (χ1n) is 6.24. The smallest absolute Gasteiger partial charge is 0.661 e. The first kappa shape index (κ1) is 14.6. The number of nitrogens with two attached hydrogens (primary N) is 1. The summed E-state index contributed by atoms with van der Waals surface area (Å²) in [5.41, 5.74) is 9.32. The van der Waals surface area contributed by atoms with Crippen molar-refractivity contribution in [1.29, 1.82) is 0 Å². The number of carbonyl (C=O) groups is 1. The Labute approximate surface area is 134 Å². The van der Waals surface area contributed by atoms with E-state index in [1.165, 1.54) is 11.3 Å². The Hall–Kier alpha value is -0.810. The third-order valence-electron chi connectivity index (χ3n) is 3.80. The summed E-state index contributed by atoms with van der Waals surface area (Å²) in [5, 5.41) is 4.40. The van der Waals surface area contributed by atoms with Gasteiger partial charge in [-0.15, -0.1) is 5.52 Å². The standard InChI is InChI=1S/C14H17N3O.Na/c1-16-9-3-5-13-11(7-9)10-6-8(14(15)18)2-4-12(10)17-13;/h2,4,6,9,16H,3,5,7H2,1H3,(H3,15,17,18);/q;+1/p-1/t9-;/m1./s1. The number of hydrogen-bond donors (Lipinski definition) is 2. The Morgan fingerprint density at radius 3 is 2.95 bits per heavy atom. The molecule has 1 aliphatic rings. The molecule has 0 radical (unpaired) electrons. The Morgan fingerprint density at radius 2 is 2.26 bits per heavy atom. The average molecular weight is 265 g/mol. The van der Waals surface area contributed by atoms with Gasteiger partial charge in [-0.1, -0.05) is 17.7 Å². The first-order valence-corrected chi connectivity index (χ1v) is 6.24. The topological polar surface area (TPSA) is 69.2 Å². The molecule has 2 aromatic rings. The number of primary amides is 1. The molecule has 3 N–H and O–H groups in total. The van der Waals surface area contributed by atoms with Gasteiger partial charge in [0.1, 0.15) is 0 Å². The van der Waals surface area contributed by atoms with Crippen LogP contribution in [0.1, 0.15) is 28.0 Å². The summed E-state index contributed by atoms with van der Waals surface area (Å²) in [6.07, 6.45) is 3.10. The van der Waals surface area contributed by atoms with Gasteiger partial charge in [0.15, 0.2) is 0 Å². The fourth-order valence-corrected chi connectivity index (χ4v) is 2.74. The number of fused-ring (bicyclic) bond motifs is 3. The van der Waals surface area contributed by atoms with Gasteiger partial charge in [0.2, 0.25) is 5.91 Å². The van der Waals surface area contributed by atoms with E-state index in [1.807, 2.05) is 19.2 Å². The summed E-state index contributed by atoms with van der Waals surface area (Å²) >= 11 is 0. The van der Waals surface area contributed by atoms with Gasteiger partial charge in [0, 0.05) is 11.6 Å². The normalized spacial score (nSPS) is 17.8. The number of rotatable bonds is 2. The number of hydrogen-bond acceptors (Lipinski definition) is 2. The number of amides is 1. The summed E-state index contributed by atoms with van der Waals surface area (Å²) in [7, 11) is 1.99. The van der Waals surface area contributed by atoms with Crippen molar-refractivity contribution in [3.05, 3.63) is 35.0 Å². The predicted octanol–water partition coefficient (Wildman–Crippen LogP) is -2.02. The monoisotopic (exact) mass is 265 g/mol. The molecule has 4 nitrogen and oxygen atoms in total. The minimum Gasteiger partial charge on any atom is -0.661 e. The summed E-state index contributed by atoms with van der Waals surface area (Å²) in [5.74, 6) is -0.382. The second-order valence-electron chi connectivity index (χ2n) is 4.86. The molecule has 1 aliphatic carbocycles. The van der Waals surface area contributed by atoms with Crippen LogP contribution in [0.5, 0.6) is 0 Å². The summed E-state index contributed by atoms with van der Waals surface area (Å²) in [4.78, 5) is 15.9. The Kier molecular flexibility index (Phi) is 4.36. The molecule has 5 heteroatoms. The van der Waals surface area contributed by atoms with Gasteiger partial charge in [-0.2, -0.15) is 5.69 Å². The minimum atomic E-state index is -0.382. The Bertz CT molecular complexity index is 620. The molecule has 0 unspecified atom stereocenters. The van der Waals surface area contributed by atoms with Gasteiger partial charge in [0.05, 0.1) is 0 Å². The van der Waals surface area contributed by atoms with Crippen molar-refractivity contribution in [3.63, 3.8) is 0 Å². The molecular formula is C14H16N3NaO. The third-order valence-corrected chi connectivity index (χ3v) is 3.80. The van der Waals surface area contributed by atoms with Crippen LogP contribution in [-0.4, -0.2) is 19.0 Å². The largest absolute Gasteiger partial charge is 1.00 e. The Morgan fingerprint density at radius 1 is 1.47 bits per heavy atom. The Balaban J connectivity index is 0.00000133. The van der Waals surface area contributed by atoms with E-state index < -0.39 is 0 Å². The zero-order valence-corrected chi connectivity index (χ0v) is 13.4. The van der Waals surface area contributed by atoms with Crippen molar-refractivity contribution >= 4 is 16.8 Å². The van der Waals surface area contributed by atoms with E-state index in [0.717, 1.165) is 30.2 Å². The van der Waals surface area contributed by atoms with Gasteiger partial charge in [-0.3, -0.25) is 4.79 Å². The molecule has 0 bridgehead atoms. The van der Waals surface area contributed by atoms with Crippen molar-refractivity contribution in [1.82, 2.24) is 10.3 Å². The fourth-order valence-electron chi connectivity index (χ4n) is 2.74. The zero-order valence-electron chi connectivity index (χ0n) is 11.4. The van der Waals surface area contributed by atoms with E-state index in [0.29, 0.717) is 11.6 Å². The fraction of sp³-hybridized carbons (Fsp3) is 0.357. The third kappa shape index (κ3) is 2.58.